The number of nitrogens with zero attached hydrogens (tertiary/aromatic N) is 2. The lowest BCUT2D eigenvalue weighted by Gasteiger charge is -2.20. The van der Waals surface area contributed by atoms with E-state index in [9.17, 15) is 5.11 Å². The van der Waals surface area contributed by atoms with Crippen molar-refractivity contribution in [1.82, 2.24) is 9.88 Å². The first-order valence-corrected chi connectivity index (χ1v) is 8.34. The molecule has 0 aliphatic carbocycles. The molecular weight excluding hydrogens is 320 g/mol. The Morgan fingerprint density at radius 3 is 2.68 bits per heavy atom. The van der Waals surface area contributed by atoms with Crippen molar-refractivity contribution in [3.63, 3.8) is 0 Å². The minimum atomic E-state index is -0.543. The van der Waals surface area contributed by atoms with E-state index in [2.05, 4.69) is 9.88 Å². The number of likely N-dealkylation sites (N-methyl/N-ethyl adjacent to an activating group) is 1. The van der Waals surface area contributed by atoms with Gasteiger partial charge in [-0.25, -0.2) is 4.98 Å². The molecule has 2 unspecified atom stereocenters. The molecule has 0 aliphatic rings. The molecule has 0 saturated heterocycles. The number of hydrogen-bond donors (Lipinski definition) is 1. The van der Waals surface area contributed by atoms with Crippen LogP contribution < -0.4 is 0 Å². The largest absolute Gasteiger partial charge is 0.387 e. The van der Waals surface area contributed by atoms with Gasteiger partial charge in [-0.2, -0.15) is 0 Å². The fourth-order valence-corrected chi connectivity index (χ4v) is 3.08. The van der Waals surface area contributed by atoms with E-state index >= 15 is 0 Å². The summed E-state index contributed by atoms with van der Waals surface area (Å²) in [6, 6.07) is 7.28. The van der Waals surface area contributed by atoms with Gasteiger partial charge in [0.1, 0.15) is 11.1 Å². The summed E-state index contributed by atoms with van der Waals surface area (Å²) in [7, 11) is 3.65. The van der Waals surface area contributed by atoms with Crippen LogP contribution in [0.3, 0.4) is 0 Å². The second kappa shape index (κ2) is 8.04. The second-order valence-electron chi connectivity index (χ2n) is 5.32. The molecule has 0 radical (unpaired) electrons. The van der Waals surface area contributed by atoms with Crippen LogP contribution in [0, 0.1) is 0 Å². The van der Waals surface area contributed by atoms with Crippen molar-refractivity contribution in [2.45, 2.75) is 25.7 Å². The van der Waals surface area contributed by atoms with Crippen molar-refractivity contribution < 1.29 is 9.84 Å². The van der Waals surface area contributed by atoms with Gasteiger partial charge >= 0.3 is 0 Å². The van der Waals surface area contributed by atoms with E-state index in [0.29, 0.717) is 18.1 Å². The predicted octanol–water partition coefficient (Wildman–Crippen LogP) is 3.67. The first kappa shape index (κ1) is 17.4. The average Bonchev–Trinajstić information content (AvgIpc) is 2.95. The number of ether oxygens (including phenoxy) is 1. The molecule has 2 atom stereocenters. The van der Waals surface area contributed by atoms with Crippen molar-refractivity contribution in [2.24, 2.45) is 0 Å². The highest BCUT2D eigenvalue weighted by Crippen LogP contribution is 2.22. The van der Waals surface area contributed by atoms with Crippen molar-refractivity contribution in [2.75, 3.05) is 20.7 Å². The molecule has 0 bridgehead atoms. The van der Waals surface area contributed by atoms with E-state index < -0.39 is 6.10 Å². The third kappa shape index (κ3) is 4.76. The number of rotatable bonds is 7. The summed E-state index contributed by atoms with van der Waals surface area (Å²) in [4.78, 5) is 6.62. The Morgan fingerprint density at radius 2 is 2.05 bits per heavy atom. The van der Waals surface area contributed by atoms with Gasteiger partial charge in [0.15, 0.2) is 0 Å². The first-order chi connectivity index (χ1) is 10.5. The zero-order chi connectivity index (χ0) is 16.1. The van der Waals surface area contributed by atoms with E-state index in [1.807, 2.05) is 31.5 Å². The molecule has 6 heteroatoms. The molecule has 120 valence electrons. The summed E-state index contributed by atoms with van der Waals surface area (Å²) in [6.45, 7) is 3.21. The minimum absolute atomic E-state index is 0.0173. The molecule has 0 aliphatic heterocycles. The Morgan fingerprint density at radius 1 is 1.36 bits per heavy atom. The van der Waals surface area contributed by atoms with Crippen LogP contribution in [-0.4, -0.2) is 35.7 Å². The fourth-order valence-electron chi connectivity index (χ4n) is 2.11. The zero-order valence-electron chi connectivity index (χ0n) is 13.0. The number of hydrogen-bond acceptors (Lipinski definition) is 5. The van der Waals surface area contributed by atoms with Crippen molar-refractivity contribution in [3.8, 4) is 0 Å². The Kier molecular flexibility index (Phi) is 6.35. The van der Waals surface area contributed by atoms with Crippen LogP contribution >= 0.6 is 22.9 Å². The van der Waals surface area contributed by atoms with Gasteiger partial charge in [0.05, 0.1) is 11.8 Å². The van der Waals surface area contributed by atoms with Crippen molar-refractivity contribution in [3.05, 3.63) is 50.9 Å². The van der Waals surface area contributed by atoms with Gasteiger partial charge in [0.2, 0.25) is 0 Å². The molecule has 0 spiro atoms. The maximum Gasteiger partial charge on any atom is 0.122 e. The van der Waals surface area contributed by atoms with E-state index in [0.717, 1.165) is 16.3 Å². The smallest absolute Gasteiger partial charge is 0.122 e. The lowest BCUT2D eigenvalue weighted by Crippen LogP contribution is -2.24. The molecule has 4 nitrogen and oxygen atoms in total. The highest BCUT2D eigenvalue weighted by atomic mass is 35.5. The summed E-state index contributed by atoms with van der Waals surface area (Å²) in [5.41, 5.74) is 1.86. The van der Waals surface area contributed by atoms with Gasteiger partial charge in [0, 0.05) is 30.6 Å². The van der Waals surface area contributed by atoms with E-state index in [4.69, 9.17) is 16.3 Å². The van der Waals surface area contributed by atoms with Gasteiger partial charge in [-0.05, 0) is 31.7 Å². The van der Waals surface area contributed by atoms with Gasteiger partial charge in [0.25, 0.3) is 0 Å². The van der Waals surface area contributed by atoms with Crippen LogP contribution in [0.5, 0.6) is 0 Å². The van der Waals surface area contributed by atoms with Gasteiger partial charge < -0.3 is 9.84 Å². The molecule has 1 aromatic carbocycles. The van der Waals surface area contributed by atoms with Crippen LogP contribution in [0.4, 0.5) is 0 Å². The van der Waals surface area contributed by atoms with Crippen molar-refractivity contribution >= 4 is 22.9 Å². The quantitative estimate of drug-likeness (QED) is 0.835. The van der Waals surface area contributed by atoms with E-state index in [-0.39, 0.29) is 6.10 Å². The molecule has 0 amide bonds. The van der Waals surface area contributed by atoms with Crippen LogP contribution in [0.15, 0.2) is 29.6 Å². The number of methoxy groups -OCH3 is 1. The maximum absolute atomic E-state index is 10.3. The van der Waals surface area contributed by atoms with Gasteiger partial charge in [-0.3, -0.25) is 4.90 Å². The molecule has 1 aromatic heterocycles. The number of aliphatic hydroxyl groups excluding tert-OH is 1. The Bertz CT molecular complexity index is 588. The molecule has 2 aromatic rings. The first-order valence-electron chi connectivity index (χ1n) is 7.08. The summed E-state index contributed by atoms with van der Waals surface area (Å²) in [5, 5.41) is 14.0. The summed E-state index contributed by atoms with van der Waals surface area (Å²) < 4.78 is 5.27. The number of aromatic nitrogens is 1. The summed E-state index contributed by atoms with van der Waals surface area (Å²) in [6.07, 6.45) is -0.526. The molecular formula is C16H21ClN2O2S. The molecule has 0 fully saturated rings. The number of benzene rings is 1. The van der Waals surface area contributed by atoms with Gasteiger partial charge in [-0.15, -0.1) is 11.3 Å². The van der Waals surface area contributed by atoms with Crippen LogP contribution in [-0.2, 0) is 11.3 Å². The number of thiazole rings is 1. The highest BCUT2D eigenvalue weighted by molar-refractivity contribution is 7.09. The molecule has 22 heavy (non-hydrogen) atoms. The summed E-state index contributed by atoms with van der Waals surface area (Å²) >= 11 is 7.46. The third-order valence-corrected chi connectivity index (χ3v) is 4.75. The van der Waals surface area contributed by atoms with E-state index in [1.54, 1.807) is 30.6 Å². The monoisotopic (exact) mass is 340 g/mol. The lowest BCUT2D eigenvalue weighted by molar-refractivity contribution is 0.117. The Hall–Kier alpha value is -0.980. The summed E-state index contributed by atoms with van der Waals surface area (Å²) in [5.74, 6) is 0. The standard InChI is InChI=1S/C16H21ClN2O2S/c1-11(21-3)16-18-14(10-22-16)8-19(2)9-15(20)12-4-6-13(17)7-5-12/h4-7,10-11,15,20H,8-9H2,1-3H3. The normalized spacial score (nSPS) is 14.3. The van der Waals surface area contributed by atoms with Crippen LogP contribution in [0.25, 0.3) is 0 Å². The SMILES string of the molecule is COC(C)c1nc(CN(C)CC(O)c2ccc(Cl)cc2)cs1. The van der Waals surface area contributed by atoms with Crippen molar-refractivity contribution in [1.29, 1.82) is 0 Å². The molecule has 0 saturated carbocycles. The minimum Gasteiger partial charge on any atom is -0.387 e. The lowest BCUT2D eigenvalue weighted by atomic mass is 10.1. The number of halogens is 1. The second-order valence-corrected chi connectivity index (χ2v) is 6.65. The Balaban J connectivity index is 1.90. The number of aliphatic hydroxyl groups is 1. The third-order valence-electron chi connectivity index (χ3n) is 3.44. The van der Waals surface area contributed by atoms with E-state index in [1.165, 1.54) is 0 Å². The molecule has 2 rings (SSSR count). The highest BCUT2D eigenvalue weighted by Gasteiger charge is 2.14. The maximum atomic E-state index is 10.3. The van der Waals surface area contributed by atoms with Gasteiger partial charge in [-0.1, -0.05) is 23.7 Å². The van der Waals surface area contributed by atoms with Crippen LogP contribution in [0.2, 0.25) is 5.02 Å². The Labute approximate surface area is 140 Å². The predicted molar refractivity (Wildman–Crippen MR) is 90.3 cm³/mol. The van der Waals surface area contributed by atoms with Crippen LogP contribution in [0.1, 0.15) is 35.4 Å². The molecule has 1 N–H and O–H groups in total. The fraction of sp³-hybridized carbons (Fsp3) is 0.438. The molecule has 1 heterocycles. The topological polar surface area (TPSA) is 45.6 Å². The average molecular weight is 341 g/mol. The zero-order valence-corrected chi connectivity index (χ0v) is 14.6.